The molecule has 6 nitrogen and oxygen atoms in total. The predicted octanol–water partition coefficient (Wildman–Crippen LogP) is 2.99. The third kappa shape index (κ3) is 4.78. The van der Waals surface area contributed by atoms with Gasteiger partial charge in [0.05, 0.1) is 15.9 Å². The molecule has 0 heterocycles. The summed E-state index contributed by atoms with van der Waals surface area (Å²) in [6.45, 7) is 4.86. The normalized spacial score (nSPS) is 11.8. The molecule has 0 aliphatic heterocycles. The summed E-state index contributed by atoms with van der Waals surface area (Å²) >= 11 is 0. The SMILES string of the molecule is CCCCN(CCCC)S(=O)(=O)c1cc[c]c([N+](=O)[O-])c1. The van der Waals surface area contributed by atoms with E-state index in [0.717, 1.165) is 31.7 Å². The highest BCUT2D eigenvalue weighted by molar-refractivity contribution is 7.89. The van der Waals surface area contributed by atoms with Crippen molar-refractivity contribution in [1.29, 1.82) is 0 Å². The molecule has 1 radical (unpaired) electrons. The largest absolute Gasteiger partial charge is 0.278 e. The maximum Gasteiger partial charge on any atom is 0.278 e. The quantitative estimate of drug-likeness (QED) is 0.518. The molecule has 0 atom stereocenters. The van der Waals surface area contributed by atoms with Crippen LogP contribution in [0.3, 0.4) is 0 Å². The van der Waals surface area contributed by atoms with Gasteiger partial charge >= 0.3 is 0 Å². The number of sulfonamides is 1. The zero-order valence-electron chi connectivity index (χ0n) is 12.4. The lowest BCUT2D eigenvalue weighted by Gasteiger charge is -2.21. The average molecular weight is 313 g/mol. The summed E-state index contributed by atoms with van der Waals surface area (Å²) in [5, 5.41) is 10.8. The Hall–Kier alpha value is -1.47. The van der Waals surface area contributed by atoms with E-state index in [2.05, 4.69) is 6.07 Å². The summed E-state index contributed by atoms with van der Waals surface area (Å²) in [5.74, 6) is 0. The lowest BCUT2D eigenvalue weighted by Crippen LogP contribution is -2.33. The van der Waals surface area contributed by atoms with Crippen LogP contribution < -0.4 is 0 Å². The van der Waals surface area contributed by atoms with E-state index in [-0.39, 0.29) is 10.6 Å². The number of benzene rings is 1. The highest BCUT2D eigenvalue weighted by atomic mass is 32.2. The zero-order valence-corrected chi connectivity index (χ0v) is 13.2. The number of unbranched alkanes of at least 4 members (excludes halogenated alkanes) is 2. The number of nitro groups is 1. The first kappa shape index (κ1) is 17.6. The van der Waals surface area contributed by atoms with Crippen LogP contribution in [0.4, 0.5) is 5.69 Å². The smallest absolute Gasteiger partial charge is 0.258 e. The van der Waals surface area contributed by atoms with Gasteiger partial charge in [-0.15, -0.1) is 0 Å². The van der Waals surface area contributed by atoms with Crippen molar-refractivity contribution in [2.45, 2.75) is 44.4 Å². The van der Waals surface area contributed by atoms with E-state index in [1.165, 1.54) is 16.4 Å². The fourth-order valence-corrected chi connectivity index (χ4v) is 3.41. The van der Waals surface area contributed by atoms with Gasteiger partial charge in [-0.25, -0.2) is 8.42 Å². The van der Waals surface area contributed by atoms with Crippen LogP contribution in [-0.4, -0.2) is 30.7 Å². The van der Waals surface area contributed by atoms with Crippen LogP contribution in [-0.2, 0) is 10.0 Å². The average Bonchev–Trinajstić information content (AvgIpc) is 2.47. The third-order valence-electron chi connectivity index (χ3n) is 3.11. The maximum absolute atomic E-state index is 12.6. The maximum atomic E-state index is 12.6. The standard InChI is InChI=1S/C14H21N2O4S/c1-3-5-10-15(11-6-4-2)21(19,20)14-9-7-8-13(12-14)16(17)18/h7,9,12H,3-6,10-11H2,1-2H3. The van der Waals surface area contributed by atoms with Crippen LogP contribution in [0.5, 0.6) is 0 Å². The summed E-state index contributed by atoms with van der Waals surface area (Å²) in [6, 6.07) is 6.13. The molecule has 1 aromatic rings. The van der Waals surface area contributed by atoms with Gasteiger partial charge in [0.15, 0.2) is 0 Å². The van der Waals surface area contributed by atoms with E-state index in [9.17, 15) is 18.5 Å². The minimum Gasteiger partial charge on any atom is -0.258 e. The van der Waals surface area contributed by atoms with Gasteiger partial charge in [-0.3, -0.25) is 10.1 Å². The third-order valence-corrected chi connectivity index (χ3v) is 5.01. The Morgan fingerprint density at radius 1 is 1.24 bits per heavy atom. The molecule has 0 aliphatic carbocycles. The van der Waals surface area contributed by atoms with E-state index in [1.54, 1.807) is 0 Å². The molecule has 1 aromatic carbocycles. The molecule has 0 saturated heterocycles. The second-order valence-corrected chi connectivity index (χ2v) is 6.72. The van der Waals surface area contributed by atoms with Crippen LogP contribution in [0.25, 0.3) is 0 Å². The molecule has 0 aromatic heterocycles. The first-order chi connectivity index (χ1) is 9.93. The van der Waals surface area contributed by atoms with E-state index in [1.807, 2.05) is 13.8 Å². The molecule has 7 heteroatoms. The van der Waals surface area contributed by atoms with Crippen molar-refractivity contribution in [3.63, 3.8) is 0 Å². The van der Waals surface area contributed by atoms with Crippen molar-refractivity contribution in [2.24, 2.45) is 0 Å². The van der Waals surface area contributed by atoms with Crippen molar-refractivity contribution in [2.75, 3.05) is 13.1 Å². The van der Waals surface area contributed by atoms with Gasteiger partial charge in [0.2, 0.25) is 10.0 Å². The highest BCUT2D eigenvalue weighted by Crippen LogP contribution is 2.21. The Balaban J connectivity index is 3.08. The number of nitro benzene ring substituents is 1. The van der Waals surface area contributed by atoms with Gasteiger partial charge in [-0.05, 0) is 25.0 Å². The van der Waals surface area contributed by atoms with Crippen LogP contribution in [0.2, 0.25) is 0 Å². The minimum atomic E-state index is -3.69. The number of hydrogen-bond donors (Lipinski definition) is 0. The molecule has 117 valence electrons. The van der Waals surface area contributed by atoms with Gasteiger partial charge < -0.3 is 0 Å². The van der Waals surface area contributed by atoms with E-state index in [0.29, 0.717) is 13.1 Å². The van der Waals surface area contributed by atoms with Crippen LogP contribution >= 0.6 is 0 Å². The van der Waals surface area contributed by atoms with E-state index < -0.39 is 14.9 Å². The molecular formula is C14H21N2O4S. The lowest BCUT2D eigenvalue weighted by atomic mass is 10.3. The Morgan fingerprint density at radius 3 is 2.29 bits per heavy atom. The number of hydrogen-bond acceptors (Lipinski definition) is 4. The van der Waals surface area contributed by atoms with Gasteiger partial charge in [0.25, 0.3) is 5.69 Å². The first-order valence-corrected chi connectivity index (χ1v) is 8.53. The summed E-state index contributed by atoms with van der Waals surface area (Å²) in [5.41, 5.74) is -0.331. The Labute approximate surface area is 126 Å². The monoisotopic (exact) mass is 313 g/mol. The summed E-state index contributed by atoms with van der Waals surface area (Å²) in [4.78, 5) is 10.1. The van der Waals surface area contributed by atoms with Crippen LogP contribution in [0, 0.1) is 16.2 Å². The Bertz CT molecular complexity index is 564. The molecule has 0 aliphatic rings. The first-order valence-electron chi connectivity index (χ1n) is 7.09. The number of rotatable bonds is 9. The lowest BCUT2D eigenvalue weighted by molar-refractivity contribution is -0.385. The molecule has 0 unspecified atom stereocenters. The van der Waals surface area contributed by atoms with E-state index in [4.69, 9.17) is 0 Å². The molecular weight excluding hydrogens is 292 g/mol. The second kappa shape index (κ2) is 8.09. The number of nitrogens with zero attached hydrogens (tertiary/aromatic N) is 2. The molecule has 0 spiro atoms. The number of non-ortho nitro benzene ring substituents is 1. The van der Waals surface area contributed by atoms with Gasteiger partial charge in [0.1, 0.15) is 0 Å². The predicted molar refractivity (Wildman–Crippen MR) is 80.5 cm³/mol. The topological polar surface area (TPSA) is 80.5 Å². The van der Waals surface area contributed by atoms with Gasteiger partial charge in [0, 0.05) is 19.2 Å². The van der Waals surface area contributed by atoms with Crippen molar-refractivity contribution in [3.8, 4) is 0 Å². The molecule has 1 rings (SSSR count). The van der Waals surface area contributed by atoms with E-state index >= 15 is 0 Å². The molecule has 0 fully saturated rings. The van der Waals surface area contributed by atoms with Crippen LogP contribution in [0.15, 0.2) is 23.1 Å². The molecule has 0 saturated carbocycles. The van der Waals surface area contributed by atoms with Crippen molar-refractivity contribution in [3.05, 3.63) is 34.4 Å². The summed E-state index contributed by atoms with van der Waals surface area (Å²) in [6.07, 6.45) is 3.32. The molecule has 0 bridgehead atoms. The van der Waals surface area contributed by atoms with Crippen molar-refractivity contribution in [1.82, 2.24) is 4.31 Å². The highest BCUT2D eigenvalue weighted by Gasteiger charge is 2.25. The zero-order chi connectivity index (χ0) is 15.9. The Kier molecular flexibility index (Phi) is 6.77. The summed E-state index contributed by atoms with van der Waals surface area (Å²) in [7, 11) is -3.69. The van der Waals surface area contributed by atoms with Gasteiger partial charge in [-0.2, -0.15) is 4.31 Å². The fraction of sp³-hybridized carbons (Fsp3) is 0.571. The molecule has 21 heavy (non-hydrogen) atoms. The second-order valence-electron chi connectivity index (χ2n) is 4.78. The van der Waals surface area contributed by atoms with Crippen molar-refractivity contribution >= 4 is 15.7 Å². The molecule has 0 amide bonds. The van der Waals surface area contributed by atoms with Crippen molar-refractivity contribution < 1.29 is 13.3 Å². The fourth-order valence-electron chi connectivity index (χ4n) is 1.87. The molecule has 0 N–H and O–H groups in total. The Morgan fingerprint density at radius 2 is 1.81 bits per heavy atom. The van der Waals surface area contributed by atoms with Crippen LogP contribution in [0.1, 0.15) is 39.5 Å². The van der Waals surface area contributed by atoms with Gasteiger partial charge in [-0.1, -0.05) is 26.7 Å². The summed E-state index contributed by atoms with van der Waals surface area (Å²) < 4.78 is 26.6. The minimum absolute atomic E-state index is 0.0415.